The molecule has 1 amide bonds. The van der Waals surface area contributed by atoms with Crippen LogP contribution in [-0.4, -0.2) is 5.91 Å². The van der Waals surface area contributed by atoms with E-state index in [0.29, 0.717) is 12.1 Å². The first-order chi connectivity index (χ1) is 7.13. The fourth-order valence-electron chi connectivity index (χ4n) is 1.32. The summed E-state index contributed by atoms with van der Waals surface area (Å²) in [5.74, 6) is -0.286. The van der Waals surface area contributed by atoms with Gasteiger partial charge < -0.3 is 5.32 Å². The fourth-order valence-corrected chi connectivity index (χ4v) is 1.32. The maximum absolute atomic E-state index is 12.8. The number of halogens is 1. The van der Waals surface area contributed by atoms with Crippen LogP contribution in [0.4, 0.5) is 10.1 Å². The van der Waals surface area contributed by atoms with Gasteiger partial charge >= 0.3 is 0 Å². The molecule has 1 aromatic carbocycles. The number of unbranched alkanes of at least 4 members (excludes halogenated alkanes) is 1. The zero-order valence-corrected chi connectivity index (χ0v) is 9.14. The highest BCUT2D eigenvalue weighted by molar-refractivity contribution is 5.91. The molecule has 0 bridgehead atoms. The van der Waals surface area contributed by atoms with E-state index in [1.165, 1.54) is 12.1 Å². The first kappa shape index (κ1) is 11.7. The van der Waals surface area contributed by atoms with Gasteiger partial charge in [0, 0.05) is 12.1 Å². The molecule has 0 radical (unpaired) electrons. The van der Waals surface area contributed by atoms with Crippen molar-refractivity contribution >= 4 is 11.6 Å². The molecule has 0 saturated heterocycles. The molecule has 0 fully saturated rings. The van der Waals surface area contributed by atoms with Crippen LogP contribution in [0, 0.1) is 12.7 Å². The van der Waals surface area contributed by atoms with E-state index < -0.39 is 0 Å². The molecule has 3 heteroatoms. The second-order valence-electron chi connectivity index (χ2n) is 3.61. The van der Waals surface area contributed by atoms with Gasteiger partial charge in [0.25, 0.3) is 0 Å². The Morgan fingerprint density at radius 2 is 2.20 bits per heavy atom. The summed E-state index contributed by atoms with van der Waals surface area (Å²) in [5, 5.41) is 2.77. The molecule has 15 heavy (non-hydrogen) atoms. The molecule has 1 aromatic rings. The minimum Gasteiger partial charge on any atom is -0.326 e. The van der Waals surface area contributed by atoms with E-state index in [2.05, 4.69) is 5.32 Å². The van der Waals surface area contributed by atoms with Crippen LogP contribution in [0.15, 0.2) is 18.2 Å². The Labute approximate surface area is 89.5 Å². The van der Waals surface area contributed by atoms with Crippen molar-refractivity contribution in [2.75, 3.05) is 5.32 Å². The molecule has 0 heterocycles. The number of rotatable bonds is 4. The lowest BCUT2D eigenvalue weighted by Crippen LogP contribution is -2.11. The molecule has 0 unspecified atom stereocenters. The van der Waals surface area contributed by atoms with Gasteiger partial charge in [-0.3, -0.25) is 4.79 Å². The van der Waals surface area contributed by atoms with Crippen LogP contribution in [0.25, 0.3) is 0 Å². The van der Waals surface area contributed by atoms with Crippen molar-refractivity contribution in [3.8, 4) is 0 Å². The summed E-state index contributed by atoms with van der Waals surface area (Å²) in [6.07, 6.45) is 2.40. The Morgan fingerprint density at radius 1 is 1.47 bits per heavy atom. The Morgan fingerprint density at radius 3 is 2.80 bits per heavy atom. The number of carbonyl (C=O) groups is 1. The molecule has 0 spiro atoms. The maximum Gasteiger partial charge on any atom is 0.224 e. The van der Waals surface area contributed by atoms with Crippen LogP contribution in [0.1, 0.15) is 31.7 Å². The van der Waals surface area contributed by atoms with Crippen molar-refractivity contribution in [3.63, 3.8) is 0 Å². The van der Waals surface area contributed by atoms with Gasteiger partial charge in [0.05, 0.1) is 0 Å². The van der Waals surface area contributed by atoms with Crippen molar-refractivity contribution in [1.82, 2.24) is 0 Å². The molecular formula is C12H16FNO. The lowest BCUT2D eigenvalue weighted by molar-refractivity contribution is -0.116. The summed E-state index contributed by atoms with van der Waals surface area (Å²) in [6, 6.07) is 4.35. The van der Waals surface area contributed by atoms with Crippen LogP contribution in [0.3, 0.4) is 0 Å². The summed E-state index contributed by atoms with van der Waals surface area (Å²) in [5.41, 5.74) is 1.44. The van der Waals surface area contributed by atoms with Crippen molar-refractivity contribution < 1.29 is 9.18 Å². The first-order valence-electron chi connectivity index (χ1n) is 5.19. The van der Waals surface area contributed by atoms with Gasteiger partial charge in [-0.25, -0.2) is 4.39 Å². The van der Waals surface area contributed by atoms with Crippen molar-refractivity contribution in [1.29, 1.82) is 0 Å². The molecular weight excluding hydrogens is 193 g/mol. The predicted molar refractivity (Wildman–Crippen MR) is 59.3 cm³/mol. The summed E-state index contributed by atoms with van der Waals surface area (Å²) in [7, 11) is 0. The van der Waals surface area contributed by atoms with Gasteiger partial charge in [-0.05, 0) is 37.1 Å². The van der Waals surface area contributed by atoms with E-state index in [1.54, 1.807) is 13.0 Å². The molecule has 0 atom stereocenters. The predicted octanol–water partition coefficient (Wildman–Crippen LogP) is 3.26. The Hall–Kier alpha value is -1.38. The smallest absolute Gasteiger partial charge is 0.224 e. The minimum atomic E-state index is -0.279. The highest BCUT2D eigenvalue weighted by atomic mass is 19.1. The molecule has 0 aliphatic heterocycles. The average molecular weight is 209 g/mol. The molecule has 0 aliphatic carbocycles. The highest BCUT2D eigenvalue weighted by Crippen LogP contribution is 2.16. The Kier molecular flexibility index (Phi) is 4.28. The molecule has 0 saturated carbocycles. The molecule has 0 aromatic heterocycles. The molecule has 82 valence electrons. The van der Waals surface area contributed by atoms with E-state index in [1.807, 2.05) is 6.92 Å². The van der Waals surface area contributed by atoms with E-state index in [0.717, 1.165) is 18.4 Å². The molecule has 1 rings (SSSR count). The number of hydrogen-bond acceptors (Lipinski definition) is 1. The molecule has 0 aliphatic rings. The zero-order chi connectivity index (χ0) is 11.3. The van der Waals surface area contributed by atoms with Crippen LogP contribution in [0.5, 0.6) is 0 Å². The summed E-state index contributed by atoms with van der Waals surface area (Å²) in [4.78, 5) is 11.4. The summed E-state index contributed by atoms with van der Waals surface area (Å²) < 4.78 is 12.8. The average Bonchev–Trinajstić information content (AvgIpc) is 2.19. The fraction of sp³-hybridized carbons (Fsp3) is 0.417. The minimum absolute atomic E-state index is 0.00782. The van der Waals surface area contributed by atoms with E-state index >= 15 is 0 Å². The van der Waals surface area contributed by atoms with E-state index in [4.69, 9.17) is 0 Å². The van der Waals surface area contributed by atoms with Crippen LogP contribution >= 0.6 is 0 Å². The quantitative estimate of drug-likeness (QED) is 0.810. The third-order valence-electron chi connectivity index (χ3n) is 2.22. The number of aryl methyl sites for hydroxylation is 1. The van der Waals surface area contributed by atoms with Crippen molar-refractivity contribution in [2.24, 2.45) is 0 Å². The second-order valence-corrected chi connectivity index (χ2v) is 3.61. The zero-order valence-electron chi connectivity index (χ0n) is 9.14. The number of benzene rings is 1. The van der Waals surface area contributed by atoms with Gasteiger partial charge in [-0.1, -0.05) is 13.3 Å². The largest absolute Gasteiger partial charge is 0.326 e. The number of nitrogens with one attached hydrogen (secondary N) is 1. The Balaban J connectivity index is 2.60. The first-order valence-corrected chi connectivity index (χ1v) is 5.19. The second kappa shape index (κ2) is 5.49. The third-order valence-corrected chi connectivity index (χ3v) is 2.22. The summed E-state index contributed by atoms with van der Waals surface area (Å²) in [6.45, 7) is 3.81. The highest BCUT2D eigenvalue weighted by Gasteiger charge is 2.04. The van der Waals surface area contributed by atoms with Crippen LogP contribution in [0.2, 0.25) is 0 Å². The van der Waals surface area contributed by atoms with E-state index in [9.17, 15) is 9.18 Å². The molecule has 1 N–H and O–H groups in total. The maximum atomic E-state index is 12.8. The number of carbonyl (C=O) groups excluding carboxylic acids is 1. The van der Waals surface area contributed by atoms with E-state index in [-0.39, 0.29) is 11.7 Å². The van der Waals surface area contributed by atoms with Crippen LogP contribution < -0.4 is 5.32 Å². The van der Waals surface area contributed by atoms with Crippen molar-refractivity contribution in [2.45, 2.75) is 33.1 Å². The van der Waals surface area contributed by atoms with Crippen LogP contribution in [-0.2, 0) is 4.79 Å². The van der Waals surface area contributed by atoms with Crippen molar-refractivity contribution in [3.05, 3.63) is 29.6 Å². The van der Waals surface area contributed by atoms with Gasteiger partial charge in [0.2, 0.25) is 5.91 Å². The standard InChI is InChI=1S/C12H16FNO/c1-3-4-5-12(15)14-11-7-6-10(13)8-9(11)2/h6-8H,3-5H2,1-2H3,(H,14,15). The van der Waals surface area contributed by atoms with Gasteiger partial charge in [0.15, 0.2) is 0 Å². The Bertz CT molecular complexity index is 349. The third kappa shape index (κ3) is 3.70. The lowest BCUT2D eigenvalue weighted by Gasteiger charge is -2.07. The van der Waals surface area contributed by atoms with Gasteiger partial charge in [-0.2, -0.15) is 0 Å². The molecule has 2 nitrogen and oxygen atoms in total. The van der Waals surface area contributed by atoms with Gasteiger partial charge in [-0.15, -0.1) is 0 Å². The number of anilines is 1. The lowest BCUT2D eigenvalue weighted by atomic mass is 10.2. The summed E-state index contributed by atoms with van der Waals surface area (Å²) >= 11 is 0. The topological polar surface area (TPSA) is 29.1 Å². The van der Waals surface area contributed by atoms with Gasteiger partial charge in [0.1, 0.15) is 5.82 Å². The SMILES string of the molecule is CCCCC(=O)Nc1ccc(F)cc1C. The number of hydrogen-bond donors (Lipinski definition) is 1. The normalized spacial score (nSPS) is 10.1. The monoisotopic (exact) mass is 209 g/mol. The number of amides is 1.